The normalized spacial score (nSPS) is 10.6. The average molecular weight is 403 g/mol. The number of nitrogens with one attached hydrogen (secondary N) is 2. The van der Waals surface area contributed by atoms with Crippen LogP contribution in [0, 0.1) is 0 Å². The van der Waals surface area contributed by atoms with Crippen molar-refractivity contribution in [3.8, 4) is 0 Å². The van der Waals surface area contributed by atoms with Gasteiger partial charge in [0.2, 0.25) is 15.9 Å². The quantitative estimate of drug-likeness (QED) is 0.529. The number of likely N-dealkylation sites (N-methyl/N-ethyl adjacent to an activating group) is 1. The zero-order chi connectivity index (χ0) is 16.4. The molecule has 1 rings (SSSR count). The largest absolute Gasteiger partial charge is 0.383 e. The molecule has 0 aliphatic carbocycles. The molecule has 0 fully saturated rings. The summed E-state index contributed by atoms with van der Waals surface area (Å²) < 4.78 is 30.3. The zero-order valence-corrected chi connectivity index (χ0v) is 16.0. The fraction of sp³-hybridized carbons (Fsp3) is 0.538. The van der Waals surface area contributed by atoms with Gasteiger partial charge in [0.25, 0.3) is 0 Å². The lowest BCUT2D eigenvalue weighted by molar-refractivity contribution is -0.121. The third-order valence-corrected chi connectivity index (χ3v) is 4.60. The summed E-state index contributed by atoms with van der Waals surface area (Å²) >= 11 is 0. The molecule has 2 N–H and O–H groups in total. The summed E-state index contributed by atoms with van der Waals surface area (Å²) in [7, 11) is -0.726. The SMILES string of the molecule is COCCNCCNC(=O)CN(C)S(=O)(=O)c1cccnc1.Cl.Cl. The van der Waals surface area contributed by atoms with Crippen LogP contribution in [0.4, 0.5) is 0 Å². The van der Waals surface area contributed by atoms with Crippen molar-refractivity contribution in [3.05, 3.63) is 24.5 Å². The van der Waals surface area contributed by atoms with E-state index in [1.165, 1.54) is 31.6 Å². The number of ether oxygens (including phenoxy) is 1. The van der Waals surface area contributed by atoms with Crippen LogP contribution in [0.5, 0.6) is 0 Å². The number of pyridine rings is 1. The van der Waals surface area contributed by atoms with E-state index in [2.05, 4.69) is 15.6 Å². The van der Waals surface area contributed by atoms with E-state index in [0.717, 1.165) is 4.31 Å². The number of hydrogen-bond acceptors (Lipinski definition) is 6. The summed E-state index contributed by atoms with van der Waals surface area (Å²) in [6.07, 6.45) is 2.74. The Balaban J connectivity index is 0. The van der Waals surface area contributed by atoms with Crippen LogP contribution in [0.2, 0.25) is 0 Å². The van der Waals surface area contributed by atoms with Crippen molar-refractivity contribution in [2.24, 2.45) is 0 Å². The van der Waals surface area contributed by atoms with Gasteiger partial charge >= 0.3 is 0 Å². The number of carbonyl (C=O) groups excluding carboxylic acids is 1. The van der Waals surface area contributed by atoms with Crippen LogP contribution in [0.25, 0.3) is 0 Å². The Morgan fingerprint density at radius 1 is 1.29 bits per heavy atom. The van der Waals surface area contributed by atoms with E-state index < -0.39 is 10.0 Å². The standard InChI is InChI=1S/C13H22N4O4S.2ClH/c1-17(22(19,20)12-4-3-5-15-10-12)11-13(18)16-7-6-14-8-9-21-2;;/h3-5,10,14H,6-9,11H2,1-2H3,(H,16,18);2*1H. The predicted molar refractivity (Wildman–Crippen MR) is 96.3 cm³/mol. The van der Waals surface area contributed by atoms with Crippen LogP contribution in [-0.2, 0) is 19.6 Å². The predicted octanol–water partition coefficient (Wildman–Crippen LogP) is -0.102. The molecule has 1 amide bonds. The first-order valence-electron chi connectivity index (χ1n) is 6.81. The number of carbonyl (C=O) groups is 1. The summed E-state index contributed by atoms with van der Waals surface area (Å²) in [6.45, 7) is 2.06. The second kappa shape index (κ2) is 13.3. The number of amides is 1. The van der Waals surface area contributed by atoms with Gasteiger partial charge in [0.05, 0.1) is 13.2 Å². The first-order chi connectivity index (χ1) is 10.5. The highest BCUT2D eigenvalue weighted by atomic mass is 35.5. The van der Waals surface area contributed by atoms with Crippen molar-refractivity contribution in [1.82, 2.24) is 19.9 Å². The minimum Gasteiger partial charge on any atom is -0.383 e. The average Bonchev–Trinajstić information content (AvgIpc) is 2.51. The lowest BCUT2D eigenvalue weighted by Gasteiger charge is -2.16. The van der Waals surface area contributed by atoms with Crippen LogP contribution < -0.4 is 10.6 Å². The van der Waals surface area contributed by atoms with Gasteiger partial charge in [-0.2, -0.15) is 4.31 Å². The molecule has 0 aliphatic heterocycles. The lowest BCUT2D eigenvalue weighted by atomic mass is 10.5. The fourth-order valence-electron chi connectivity index (χ4n) is 1.61. The Kier molecular flexibility index (Phi) is 14.0. The number of methoxy groups -OCH3 is 1. The van der Waals surface area contributed by atoms with Gasteiger partial charge in [-0.25, -0.2) is 8.42 Å². The van der Waals surface area contributed by atoms with Gasteiger partial charge in [0.1, 0.15) is 4.90 Å². The molecule has 1 heterocycles. The smallest absolute Gasteiger partial charge is 0.244 e. The molecular weight excluding hydrogens is 379 g/mol. The highest BCUT2D eigenvalue weighted by molar-refractivity contribution is 7.89. The molecule has 8 nitrogen and oxygen atoms in total. The van der Waals surface area contributed by atoms with E-state index in [1.54, 1.807) is 7.11 Å². The van der Waals surface area contributed by atoms with E-state index >= 15 is 0 Å². The first-order valence-corrected chi connectivity index (χ1v) is 8.25. The molecule has 0 aliphatic rings. The van der Waals surface area contributed by atoms with Crippen LogP contribution in [-0.4, -0.2) is 70.6 Å². The molecule has 0 spiro atoms. The molecule has 0 saturated heterocycles. The van der Waals surface area contributed by atoms with E-state index in [-0.39, 0.29) is 42.2 Å². The maximum Gasteiger partial charge on any atom is 0.244 e. The minimum absolute atomic E-state index is 0. The summed E-state index contributed by atoms with van der Waals surface area (Å²) in [6, 6.07) is 2.98. The topological polar surface area (TPSA) is 101 Å². The Morgan fingerprint density at radius 2 is 2.00 bits per heavy atom. The maximum absolute atomic E-state index is 12.2. The highest BCUT2D eigenvalue weighted by Gasteiger charge is 2.22. The van der Waals surface area contributed by atoms with Crippen molar-refractivity contribution in [1.29, 1.82) is 0 Å². The maximum atomic E-state index is 12.2. The summed E-state index contributed by atoms with van der Waals surface area (Å²) in [5.41, 5.74) is 0. The number of hydrogen-bond donors (Lipinski definition) is 2. The molecule has 0 unspecified atom stereocenters. The second-order valence-electron chi connectivity index (χ2n) is 4.54. The summed E-state index contributed by atoms with van der Waals surface area (Å²) in [5, 5.41) is 5.72. The number of nitrogens with zero attached hydrogens (tertiary/aromatic N) is 2. The van der Waals surface area contributed by atoms with E-state index in [1.807, 2.05) is 0 Å². The molecular formula is C13H24Cl2N4O4S. The van der Waals surface area contributed by atoms with Crippen LogP contribution in [0.3, 0.4) is 0 Å². The number of sulfonamides is 1. The Bertz CT molecular complexity index is 560. The first kappa shape index (κ1) is 25.3. The van der Waals surface area contributed by atoms with Gasteiger partial charge in [0.15, 0.2) is 0 Å². The molecule has 1 aromatic heterocycles. The van der Waals surface area contributed by atoms with Gasteiger partial charge in [-0.05, 0) is 12.1 Å². The summed E-state index contributed by atoms with van der Waals surface area (Å²) in [4.78, 5) is 15.6. The van der Waals surface area contributed by atoms with Gasteiger partial charge in [0, 0.05) is 46.2 Å². The minimum atomic E-state index is -3.70. The van der Waals surface area contributed by atoms with Crippen molar-refractivity contribution < 1.29 is 17.9 Å². The van der Waals surface area contributed by atoms with Crippen molar-refractivity contribution in [2.75, 3.05) is 46.9 Å². The number of rotatable bonds is 10. The monoisotopic (exact) mass is 402 g/mol. The van der Waals surface area contributed by atoms with Gasteiger partial charge in [-0.3, -0.25) is 9.78 Å². The van der Waals surface area contributed by atoms with Crippen LogP contribution >= 0.6 is 24.8 Å². The van der Waals surface area contributed by atoms with Crippen molar-refractivity contribution in [2.45, 2.75) is 4.90 Å². The molecule has 0 radical (unpaired) electrons. The molecule has 0 atom stereocenters. The van der Waals surface area contributed by atoms with Crippen molar-refractivity contribution >= 4 is 40.7 Å². The number of halogens is 2. The second-order valence-corrected chi connectivity index (χ2v) is 6.59. The van der Waals surface area contributed by atoms with E-state index in [9.17, 15) is 13.2 Å². The molecule has 1 aromatic rings. The zero-order valence-electron chi connectivity index (χ0n) is 13.6. The van der Waals surface area contributed by atoms with E-state index in [4.69, 9.17) is 4.74 Å². The van der Waals surface area contributed by atoms with E-state index in [0.29, 0.717) is 26.2 Å². The lowest BCUT2D eigenvalue weighted by Crippen LogP contribution is -2.40. The summed E-state index contributed by atoms with van der Waals surface area (Å²) in [5.74, 6) is -0.358. The van der Waals surface area contributed by atoms with Crippen molar-refractivity contribution in [3.63, 3.8) is 0 Å². The molecule has 24 heavy (non-hydrogen) atoms. The van der Waals surface area contributed by atoms with Crippen LogP contribution in [0.1, 0.15) is 0 Å². The van der Waals surface area contributed by atoms with Crippen LogP contribution in [0.15, 0.2) is 29.4 Å². The molecule has 0 bridgehead atoms. The van der Waals surface area contributed by atoms with Gasteiger partial charge < -0.3 is 15.4 Å². The van der Waals surface area contributed by atoms with Gasteiger partial charge in [-0.1, -0.05) is 0 Å². The Morgan fingerprint density at radius 3 is 2.58 bits per heavy atom. The Hall–Kier alpha value is -0.970. The number of aromatic nitrogens is 1. The molecule has 11 heteroatoms. The third-order valence-electron chi connectivity index (χ3n) is 2.82. The fourth-order valence-corrected chi connectivity index (χ4v) is 2.70. The third kappa shape index (κ3) is 8.76. The Labute approximate surface area is 155 Å². The molecule has 140 valence electrons. The molecule has 0 aromatic carbocycles. The van der Waals surface area contributed by atoms with Gasteiger partial charge in [-0.15, -0.1) is 24.8 Å². The highest BCUT2D eigenvalue weighted by Crippen LogP contribution is 2.11. The molecule has 0 saturated carbocycles.